The van der Waals surface area contributed by atoms with Gasteiger partial charge in [-0.3, -0.25) is 0 Å². The lowest BCUT2D eigenvalue weighted by atomic mass is 10.2. The average molecular weight is 415 g/mol. The van der Waals surface area contributed by atoms with Crippen LogP contribution < -0.4 is 10.1 Å². The zero-order valence-electron chi connectivity index (χ0n) is 11.9. The molecule has 2 rings (SSSR count). The summed E-state index contributed by atoms with van der Waals surface area (Å²) >= 11 is 7.11. The van der Waals surface area contributed by atoms with Gasteiger partial charge in [0.2, 0.25) is 0 Å². The summed E-state index contributed by atoms with van der Waals surface area (Å²) in [5, 5.41) is 3.39. The lowest BCUT2D eigenvalue weighted by Gasteiger charge is -2.13. The molecular weight excluding hydrogens is 398 g/mol. The van der Waals surface area contributed by atoms with E-state index in [1.807, 2.05) is 0 Å². The van der Waals surface area contributed by atoms with Crippen molar-refractivity contribution >= 4 is 31.9 Å². The summed E-state index contributed by atoms with van der Waals surface area (Å²) in [4.78, 5) is 8.29. The van der Waals surface area contributed by atoms with Crippen molar-refractivity contribution in [2.24, 2.45) is 0 Å². The number of ether oxygens (including phenoxy) is 1. The lowest BCUT2D eigenvalue weighted by molar-refractivity contribution is 0.292. The van der Waals surface area contributed by atoms with Gasteiger partial charge in [0.1, 0.15) is 12.4 Å². The van der Waals surface area contributed by atoms with Crippen LogP contribution in [0.3, 0.4) is 0 Å². The Morgan fingerprint density at radius 3 is 2.33 bits per heavy atom. The van der Waals surface area contributed by atoms with Gasteiger partial charge in [0.05, 0.1) is 8.95 Å². The fourth-order valence-corrected chi connectivity index (χ4v) is 3.23. The fourth-order valence-electron chi connectivity index (χ4n) is 1.72. The van der Waals surface area contributed by atoms with E-state index in [0.29, 0.717) is 18.5 Å². The molecule has 0 aliphatic rings. The number of nitrogens with zero attached hydrogens (tertiary/aromatic N) is 2. The molecule has 0 atom stereocenters. The van der Waals surface area contributed by atoms with E-state index in [1.54, 1.807) is 18.5 Å². The Morgan fingerprint density at radius 2 is 1.76 bits per heavy atom. The Labute approximate surface area is 141 Å². The minimum Gasteiger partial charge on any atom is -0.483 e. The number of hydrogen-bond acceptors (Lipinski definition) is 4. The maximum Gasteiger partial charge on any atom is 0.166 e. The molecule has 0 saturated carbocycles. The standard InChI is InChI=1S/C15H17Br2N3O/c1-10(2)20-8-11-6-12(16)15(13(17)7-11)21-9-14-18-4-3-5-19-14/h3-7,10,20H,8-9H2,1-2H3. The van der Waals surface area contributed by atoms with E-state index in [0.717, 1.165) is 21.2 Å². The molecule has 1 aromatic heterocycles. The summed E-state index contributed by atoms with van der Waals surface area (Å²) in [5.74, 6) is 1.41. The minimum atomic E-state index is 0.335. The first-order valence-corrected chi connectivity index (χ1v) is 8.25. The van der Waals surface area contributed by atoms with E-state index in [-0.39, 0.29) is 0 Å². The van der Waals surface area contributed by atoms with Crippen molar-refractivity contribution in [3.8, 4) is 5.75 Å². The van der Waals surface area contributed by atoms with Crippen LogP contribution in [0, 0.1) is 0 Å². The molecule has 0 radical (unpaired) electrons. The molecule has 2 aromatic rings. The molecule has 21 heavy (non-hydrogen) atoms. The molecule has 0 fully saturated rings. The van der Waals surface area contributed by atoms with Crippen LogP contribution in [0.15, 0.2) is 39.5 Å². The second kappa shape index (κ2) is 7.87. The summed E-state index contributed by atoms with van der Waals surface area (Å²) in [6.45, 7) is 5.40. The average Bonchev–Trinajstić information content (AvgIpc) is 2.45. The van der Waals surface area contributed by atoms with Crippen LogP contribution in [0.2, 0.25) is 0 Å². The van der Waals surface area contributed by atoms with Gasteiger partial charge in [0.15, 0.2) is 5.82 Å². The molecule has 1 N–H and O–H groups in total. The normalized spacial score (nSPS) is 10.9. The largest absolute Gasteiger partial charge is 0.483 e. The summed E-state index contributed by atoms with van der Waals surface area (Å²) in [5.41, 5.74) is 1.19. The van der Waals surface area contributed by atoms with Crippen molar-refractivity contribution < 1.29 is 4.74 Å². The molecule has 4 nitrogen and oxygen atoms in total. The van der Waals surface area contributed by atoms with Gasteiger partial charge in [-0.1, -0.05) is 13.8 Å². The van der Waals surface area contributed by atoms with E-state index >= 15 is 0 Å². The van der Waals surface area contributed by atoms with Gasteiger partial charge >= 0.3 is 0 Å². The molecule has 0 aliphatic carbocycles. The molecule has 0 aliphatic heterocycles. The van der Waals surface area contributed by atoms with Gasteiger partial charge in [-0.15, -0.1) is 0 Å². The minimum absolute atomic E-state index is 0.335. The van der Waals surface area contributed by atoms with E-state index < -0.39 is 0 Å². The Bertz CT molecular complexity index is 568. The SMILES string of the molecule is CC(C)NCc1cc(Br)c(OCc2ncccn2)c(Br)c1. The van der Waals surface area contributed by atoms with Crippen molar-refractivity contribution in [3.05, 3.63) is 50.9 Å². The van der Waals surface area contributed by atoms with E-state index in [2.05, 4.69) is 73.1 Å². The zero-order chi connectivity index (χ0) is 15.2. The van der Waals surface area contributed by atoms with Crippen molar-refractivity contribution in [2.45, 2.75) is 33.0 Å². The molecule has 0 spiro atoms. The number of benzene rings is 1. The monoisotopic (exact) mass is 413 g/mol. The third-order valence-electron chi connectivity index (χ3n) is 2.74. The lowest BCUT2D eigenvalue weighted by Crippen LogP contribution is -2.21. The van der Waals surface area contributed by atoms with Crippen LogP contribution in [-0.4, -0.2) is 16.0 Å². The second-order valence-electron chi connectivity index (χ2n) is 4.88. The highest BCUT2D eigenvalue weighted by atomic mass is 79.9. The molecule has 0 unspecified atom stereocenters. The zero-order valence-corrected chi connectivity index (χ0v) is 15.1. The van der Waals surface area contributed by atoms with Crippen LogP contribution >= 0.6 is 31.9 Å². The smallest absolute Gasteiger partial charge is 0.166 e. The van der Waals surface area contributed by atoms with Crippen LogP contribution in [0.1, 0.15) is 25.2 Å². The Morgan fingerprint density at radius 1 is 1.14 bits per heavy atom. The van der Waals surface area contributed by atoms with Gasteiger partial charge in [-0.05, 0) is 55.6 Å². The van der Waals surface area contributed by atoms with Crippen molar-refractivity contribution in [1.29, 1.82) is 0 Å². The predicted molar refractivity (Wildman–Crippen MR) is 90.2 cm³/mol. The number of aromatic nitrogens is 2. The molecule has 1 aromatic carbocycles. The summed E-state index contributed by atoms with van der Waals surface area (Å²) in [6.07, 6.45) is 3.41. The Hall–Kier alpha value is -0.980. The number of hydrogen-bond donors (Lipinski definition) is 1. The summed E-state index contributed by atoms with van der Waals surface area (Å²) in [6, 6.07) is 6.35. The summed E-state index contributed by atoms with van der Waals surface area (Å²) < 4.78 is 7.62. The van der Waals surface area contributed by atoms with Crippen molar-refractivity contribution in [3.63, 3.8) is 0 Å². The summed E-state index contributed by atoms with van der Waals surface area (Å²) in [7, 11) is 0. The Kier molecular flexibility index (Phi) is 6.14. The maximum absolute atomic E-state index is 5.80. The topological polar surface area (TPSA) is 47.0 Å². The first kappa shape index (κ1) is 16.4. The van der Waals surface area contributed by atoms with Gasteiger partial charge in [-0.2, -0.15) is 0 Å². The van der Waals surface area contributed by atoms with Gasteiger partial charge < -0.3 is 10.1 Å². The number of rotatable bonds is 6. The first-order chi connectivity index (χ1) is 10.1. The third-order valence-corrected chi connectivity index (χ3v) is 3.92. The first-order valence-electron chi connectivity index (χ1n) is 6.66. The van der Waals surface area contributed by atoms with Crippen molar-refractivity contribution in [2.75, 3.05) is 0 Å². The predicted octanol–water partition coefficient (Wildman–Crippen LogP) is 4.08. The fraction of sp³-hybridized carbons (Fsp3) is 0.333. The van der Waals surface area contributed by atoms with Gasteiger partial charge in [0, 0.05) is 25.0 Å². The molecule has 1 heterocycles. The second-order valence-corrected chi connectivity index (χ2v) is 6.59. The van der Waals surface area contributed by atoms with Crippen molar-refractivity contribution in [1.82, 2.24) is 15.3 Å². The van der Waals surface area contributed by atoms with Crippen LogP contribution in [0.25, 0.3) is 0 Å². The van der Waals surface area contributed by atoms with E-state index in [1.165, 1.54) is 5.56 Å². The molecule has 112 valence electrons. The van der Waals surface area contributed by atoms with E-state index in [4.69, 9.17) is 4.74 Å². The highest BCUT2D eigenvalue weighted by molar-refractivity contribution is 9.11. The maximum atomic E-state index is 5.80. The van der Waals surface area contributed by atoms with Gasteiger partial charge in [0.25, 0.3) is 0 Å². The molecular formula is C15H17Br2N3O. The van der Waals surface area contributed by atoms with Gasteiger partial charge in [-0.25, -0.2) is 9.97 Å². The molecule has 0 saturated heterocycles. The molecule has 0 amide bonds. The highest BCUT2D eigenvalue weighted by Crippen LogP contribution is 2.35. The van der Waals surface area contributed by atoms with Crippen LogP contribution in [0.5, 0.6) is 5.75 Å². The highest BCUT2D eigenvalue weighted by Gasteiger charge is 2.10. The number of halogens is 2. The number of nitrogens with one attached hydrogen (secondary N) is 1. The van der Waals surface area contributed by atoms with Crippen LogP contribution in [-0.2, 0) is 13.2 Å². The molecule has 0 bridgehead atoms. The van der Waals surface area contributed by atoms with E-state index in [9.17, 15) is 0 Å². The quantitative estimate of drug-likeness (QED) is 0.773. The Balaban J connectivity index is 2.06. The third kappa shape index (κ3) is 5.05. The molecule has 6 heteroatoms. The van der Waals surface area contributed by atoms with Crippen LogP contribution in [0.4, 0.5) is 0 Å².